The fourth-order valence-electron chi connectivity index (χ4n) is 4.22. The first-order valence-electron chi connectivity index (χ1n) is 12.4. The second-order valence-corrected chi connectivity index (χ2v) is 10.1. The average Bonchev–Trinajstić information content (AvgIpc) is 2.92. The summed E-state index contributed by atoms with van der Waals surface area (Å²) in [4.78, 5) is 11.1. The number of hydrogen-bond donors (Lipinski definition) is 4. The summed E-state index contributed by atoms with van der Waals surface area (Å²) >= 11 is 1.16. The molecule has 0 saturated carbocycles. The normalized spacial score (nSPS) is 11.2. The largest absolute Gasteiger partial charge is 0.504 e. The predicted molar refractivity (Wildman–Crippen MR) is 155 cm³/mol. The van der Waals surface area contributed by atoms with Gasteiger partial charge in [0.1, 0.15) is 16.3 Å². The molecule has 0 fully saturated rings. The van der Waals surface area contributed by atoms with E-state index < -0.39 is 5.95 Å². The summed E-state index contributed by atoms with van der Waals surface area (Å²) in [6, 6.07) is 19.9. The number of aromatic nitrogens is 2. The van der Waals surface area contributed by atoms with E-state index in [1.54, 1.807) is 26.2 Å². The van der Waals surface area contributed by atoms with Crippen LogP contribution in [0.4, 0.5) is 15.8 Å². The molecular weight excluding hydrogens is 513 g/mol. The molecule has 0 saturated heterocycles. The van der Waals surface area contributed by atoms with Gasteiger partial charge in [-0.1, -0.05) is 42.1 Å². The monoisotopic (exact) mass is 543 g/mol. The molecule has 7 nitrogen and oxygen atoms in total. The standard InChI is InChI=1S/C30H30FN5O2S/c1-18(2)36(21-8-6-5-7-9-21)27-26(24(32)16-17-33-4)35-30(38)29(28(27)37)39-22-12-10-20(11-13-22)23-14-15-25(31)34-19(23)3/h5-18,32-33H,1-4H3,(H2,35,37,38)/b17-16-,32-24?. The van der Waals surface area contributed by atoms with Crippen LogP contribution in [0.25, 0.3) is 11.1 Å². The van der Waals surface area contributed by atoms with Gasteiger partial charge in [0, 0.05) is 34.9 Å². The van der Waals surface area contributed by atoms with E-state index in [1.165, 1.54) is 12.1 Å². The second-order valence-electron chi connectivity index (χ2n) is 9.04. The number of allylic oxidation sites excluding steroid dienone is 1. The maximum absolute atomic E-state index is 13.4. The number of nitrogens with zero attached hydrogens (tertiary/aromatic N) is 3. The third kappa shape index (κ3) is 6.04. The fraction of sp³-hybridized carbons (Fsp3) is 0.167. The first-order valence-corrected chi connectivity index (χ1v) is 13.2. The van der Waals surface area contributed by atoms with Crippen molar-refractivity contribution < 1.29 is 14.6 Å². The Kier molecular flexibility index (Phi) is 8.51. The number of rotatable bonds is 9. The number of pyridine rings is 2. The maximum atomic E-state index is 13.4. The zero-order valence-electron chi connectivity index (χ0n) is 22.1. The highest BCUT2D eigenvalue weighted by Gasteiger charge is 2.28. The third-order valence-corrected chi connectivity index (χ3v) is 7.07. The van der Waals surface area contributed by atoms with Crippen molar-refractivity contribution in [2.24, 2.45) is 0 Å². The first-order chi connectivity index (χ1) is 18.7. The Morgan fingerprint density at radius 2 is 1.72 bits per heavy atom. The minimum absolute atomic E-state index is 0.0238. The fourth-order valence-corrected chi connectivity index (χ4v) is 5.06. The van der Waals surface area contributed by atoms with Crippen LogP contribution in [0.1, 0.15) is 25.2 Å². The van der Waals surface area contributed by atoms with Gasteiger partial charge in [0.15, 0.2) is 5.75 Å². The minimum atomic E-state index is -0.526. The molecule has 9 heteroatoms. The van der Waals surface area contributed by atoms with Crippen LogP contribution >= 0.6 is 11.8 Å². The summed E-state index contributed by atoms with van der Waals surface area (Å²) in [5, 5.41) is 34.0. The number of aryl methyl sites for hydroxylation is 1. The Balaban J connectivity index is 1.80. The van der Waals surface area contributed by atoms with Gasteiger partial charge in [-0.05, 0) is 75.0 Å². The molecule has 0 amide bonds. The van der Waals surface area contributed by atoms with Gasteiger partial charge in [-0.2, -0.15) is 4.39 Å². The number of benzene rings is 2. The van der Waals surface area contributed by atoms with Crippen molar-refractivity contribution in [1.29, 1.82) is 5.41 Å². The van der Waals surface area contributed by atoms with Crippen LogP contribution in [0, 0.1) is 18.3 Å². The minimum Gasteiger partial charge on any atom is -0.504 e. The second kappa shape index (κ2) is 12.0. The maximum Gasteiger partial charge on any atom is 0.229 e. The van der Waals surface area contributed by atoms with Crippen LogP contribution in [0.5, 0.6) is 11.6 Å². The summed E-state index contributed by atoms with van der Waals surface area (Å²) in [6.07, 6.45) is 3.11. The van der Waals surface area contributed by atoms with Gasteiger partial charge in [0.2, 0.25) is 11.8 Å². The van der Waals surface area contributed by atoms with Crippen LogP contribution < -0.4 is 10.2 Å². The lowest BCUT2D eigenvalue weighted by molar-refractivity contribution is 0.412. The van der Waals surface area contributed by atoms with E-state index in [0.717, 1.165) is 33.5 Å². The molecule has 4 N–H and O–H groups in total. The van der Waals surface area contributed by atoms with Crippen LogP contribution in [0.2, 0.25) is 0 Å². The Hall–Kier alpha value is -4.37. The van der Waals surface area contributed by atoms with Crippen molar-refractivity contribution in [1.82, 2.24) is 15.3 Å². The van der Waals surface area contributed by atoms with Gasteiger partial charge in [-0.25, -0.2) is 9.97 Å². The highest BCUT2D eigenvalue weighted by atomic mass is 32.2. The first kappa shape index (κ1) is 27.7. The number of halogens is 1. The lowest BCUT2D eigenvalue weighted by Gasteiger charge is -2.31. The molecule has 2 heterocycles. The van der Waals surface area contributed by atoms with Gasteiger partial charge < -0.3 is 20.4 Å². The van der Waals surface area contributed by atoms with Gasteiger partial charge in [-0.3, -0.25) is 5.41 Å². The number of nitrogens with one attached hydrogen (secondary N) is 2. The topological polar surface area (TPSA) is 105 Å². The summed E-state index contributed by atoms with van der Waals surface area (Å²) in [5.41, 5.74) is 3.57. The Morgan fingerprint density at radius 3 is 2.33 bits per heavy atom. The molecule has 0 unspecified atom stereocenters. The molecule has 0 aliphatic carbocycles. The molecule has 0 radical (unpaired) electrons. The predicted octanol–water partition coefficient (Wildman–Crippen LogP) is 6.80. The molecule has 0 bridgehead atoms. The Bertz CT molecular complexity index is 1510. The van der Waals surface area contributed by atoms with Crippen molar-refractivity contribution in [3.05, 3.63) is 96.3 Å². The van der Waals surface area contributed by atoms with E-state index >= 15 is 0 Å². The van der Waals surface area contributed by atoms with Gasteiger partial charge in [-0.15, -0.1) is 0 Å². The quantitative estimate of drug-likeness (QED) is 0.136. The molecule has 2 aromatic carbocycles. The van der Waals surface area contributed by atoms with Crippen molar-refractivity contribution >= 4 is 28.8 Å². The summed E-state index contributed by atoms with van der Waals surface area (Å²) < 4.78 is 13.4. The molecule has 0 aliphatic rings. The molecule has 200 valence electrons. The van der Waals surface area contributed by atoms with Crippen molar-refractivity contribution in [2.75, 3.05) is 11.9 Å². The van der Waals surface area contributed by atoms with E-state index in [0.29, 0.717) is 11.4 Å². The van der Waals surface area contributed by atoms with Crippen LogP contribution in [0.15, 0.2) is 88.8 Å². The van der Waals surface area contributed by atoms with E-state index in [1.807, 2.05) is 73.3 Å². The molecule has 0 spiro atoms. The van der Waals surface area contributed by atoms with E-state index in [2.05, 4.69) is 15.3 Å². The van der Waals surface area contributed by atoms with Gasteiger partial charge >= 0.3 is 0 Å². The molecule has 4 rings (SSSR count). The molecule has 4 aromatic rings. The number of anilines is 2. The molecule has 0 atom stereocenters. The van der Waals surface area contributed by atoms with Gasteiger partial charge in [0.25, 0.3) is 0 Å². The number of hydrogen-bond acceptors (Lipinski definition) is 8. The average molecular weight is 544 g/mol. The van der Waals surface area contributed by atoms with Crippen molar-refractivity contribution in [3.8, 4) is 22.8 Å². The highest BCUT2D eigenvalue weighted by Crippen LogP contribution is 2.48. The van der Waals surface area contributed by atoms with Gasteiger partial charge in [0.05, 0.1) is 5.71 Å². The summed E-state index contributed by atoms with van der Waals surface area (Å²) in [5.74, 6) is -1.08. The summed E-state index contributed by atoms with van der Waals surface area (Å²) in [6.45, 7) is 5.71. The lowest BCUT2D eigenvalue weighted by Crippen LogP contribution is -2.28. The third-order valence-electron chi connectivity index (χ3n) is 5.98. The number of para-hydroxylation sites is 1. The van der Waals surface area contributed by atoms with Crippen LogP contribution in [-0.2, 0) is 0 Å². The number of aromatic hydroxyl groups is 2. The molecular formula is C30H30FN5O2S. The smallest absolute Gasteiger partial charge is 0.229 e. The van der Waals surface area contributed by atoms with Crippen molar-refractivity contribution in [2.45, 2.75) is 36.6 Å². The molecule has 0 aliphatic heterocycles. The summed E-state index contributed by atoms with van der Waals surface area (Å²) in [7, 11) is 1.72. The Labute approximate surface area is 231 Å². The van der Waals surface area contributed by atoms with E-state index in [4.69, 9.17) is 5.41 Å². The highest BCUT2D eigenvalue weighted by molar-refractivity contribution is 7.99. The van der Waals surface area contributed by atoms with Crippen LogP contribution in [0.3, 0.4) is 0 Å². The lowest BCUT2D eigenvalue weighted by atomic mass is 10.1. The van der Waals surface area contributed by atoms with Crippen molar-refractivity contribution in [3.63, 3.8) is 0 Å². The van der Waals surface area contributed by atoms with Crippen LogP contribution in [-0.4, -0.2) is 39.0 Å². The zero-order valence-corrected chi connectivity index (χ0v) is 22.9. The van der Waals surface area contributed by atoms with E-state index in [9.17, 15) is 14.6 Å². The Morgan fingerprint density at radius 1 is 1.03 bits per heavy atom. The molecule has 39 heavy (non-hydrogen) atoms. The molecule has 2 aromatic heterocycles. The van der Waals surface area contributed by atoms with E-state index in [-0.39, 0.29) is 34.0 Å². The zero-order chi connectivity index (χ0) is 28.1. The SMILES string of the molecule is CN/C=C\C(=N)c1nc(O)c(Sc2ccc(-c3ccc(F)nc3C)cc2)c(O)c1N(c1ccccc1)C(C)C.